The predicted molar refractivity (Wildman–Crippen MR) is 77.7 cm³/mol. The van der Waals surface area contributed by atoms with Crippen LogP contribution >= 0.6 is 11.3 Å². The van der Waals surface area contributed by atoms with Crippen LogP contribution in [0.25, 0.3) is 0 Å². The Labute approximate surface area is 116 Å². The van der Waals surface area contributed by atoms with Crippen LogP contribution < -0.4 is 9.80 Å². The van der Waals surface area contributed by atoms with Crippen molar-refractivity contribution in [1.29, 1.82) is 0 Å². The highest BCUT2D eigenvalue weighted by Gasteiger charge is 2.20. The van der Waals surface area contributed by atoms with Crippen molar-refractivity contribution >= 4 is 22.2 Å². The van der Waals surface area contributed by atoms with Gasteiger partial charge >= 0.3 is 0 Å². The first-order valence-corrected chi connectivity index (χ1v) is 7.22. The minimum absolute atomic E-state index is 0.138. The smallest absolute Gasteiger partial charge is 0.185 e. The molecule has 0 aliphatic carbocycles. The van der Waals surface area contributed by atoms with Gasteiger partial charge in [0.25, 0.3) is 0 Å². The third kappa shape index (κ3) is 2.56. The average molecular weight is 277 g/mol. The van der Waals surface area contributed by atoms with Gasteiger partial charge in [-0.15, -0.1) is 11.3 Å². The van der Waals surface area contributed by atoms with E-state index in [1.807, 2.05) is 18.3 Å². The molecule has 3 rings (SSSR count). The molecule has 0 N–H and O–H groups in total. The Balaban J connectivity index is 1.68. The normalized spacial score (nSPS) is 15.9. The molecule has 1 saturated heterocycles. The number of para-hydroxylation sites is 1. The lowest BCUT2D eigenvalue weighted by molar-refractivity contribution is 0.597. The predicted octanol–water partition coefficient (Wildman–Crippen LogP) is 2.92. The summed E-state index contributed by atoms with van der Waals surface area (Å²) >= 11 is 1.72. The maximum atomic E-state index is 13.7. The van der Waals surface area contributed by atoms with E-state index in [-0.39, 0.29) is 5.82 Å². The second-order valence-corrected chi connectivity index (χ2v) is 5.89. The molecule has 1 aromatic heterocycles. The Morgan fingerprint density at radius 1 is 1.11 bits per heavy atom. The van der Waals surface area contributed by atoms with E-state index < -0.39 is 0 Å². The van der Waals surface area contributed by atoms with Crippen LogP contribution in [0.5, 0.6) is 0 Å². The van der Waals surface area contributed by atoms with E-state index in [1.54, 1.807) is 17.4 Å². The Morgan fingerprint density at radius 3 is 2.42 bits per heavy atom. The average Bonchev–Trinajstić information content (AvgIpc) is 2.86. The first-order valence-electron chi connectivity index (χ1n) is 6.41. The molecule has 100 valence electrons. The highest BCUT2D eigenvalue weighted by atomic mass is 32.1. The van der Waals surface area contributed by atoms with Crippen molar-refractivity contribution in [3.05, 3.63) is 41.2 Å². The topological polar surface area (TPSA) is 19.4 Å². The minimum atomic E-state index is -0.138. The highest BCUT2D eigenvalue weighted by Crippen LogP contribution is 2.25. The number of benzene rings is 1. The molecule has 19 heavy (non-hydrogen) atoms. The molecular weight excluding hydrogens is 261 g/mol. The van der Waals surface area contributed by atoms with Gasteiger partial charge in [-0.2, -0.15) is 0 Å². The molecule has 0 unspecified atom stereocenters. The number of aromatic nitrogens is 1. The first-order chi connectivity index (χ1) is 9.24. The Morgan fingerprint density at radius 2 is 1.79 bits per heavy atom. The fourth-order valence-corrected chi connectivity index (χ4v) is 3.15. The van der Waals surface area contributed by atoms with Gasteiger partial charge in [-0.05, 0) is 19.1 Å². The number of hydrogen-bond donors (Lipinski definition) is 0. The molecule has 0 bridgehead atoms. The van der Waals surface area contributed by atoms with Crippen LogP contribution in [0.3, 0.4) is 0 Å². The molecule has 1 aromatic carbocycles. The third-order valence-corrected chi connectivity index (χ3v) is 4.33. The number of thiazole rings is 1. The Hall–Kier alpha value is -1.62. The van der Waals surface area contributed by atoms with Crippen molar-refractivity contribution in [2.75, 3.05) is 36.0 Å². The minimum Gasteiger partial charge on any atom is -0.366 e. The zero-order valence-electron chi connectivity index (χ0n) is 10.8. The van der Waals surface area contributed by atoms with Gasteiger partial charge in [0.1, 0.15) is 5.82 Å². The number of halogens is 1. The van der Waals surface area contributed by atoms with E-state index in [9.17, 15) is 4.39 Å². The monoisotopic (exact) mass is 277 g/mol. The number of nitrogens with zero attached hydrogens (tertiary/aromatic N) is 3. The van der Waals surface area contributed by atoms with Crippen molar-refractivity contribution in [3.8, 4) is 0 Å². The van der Waals surface area contributed by atoms with Gasteiger partial charge in [0.05, 0.1) is 5.69 Å². The SMILES string of the molecule is Cc1cnc(N2CCN(c3ccccc3F)CC2)s1. The maximum Gasteiger partial charge on any atom is 0.185 e. The van der Waals surface area contributed by atoms with E-state index in [0.29, 0.717) is 5.69 Å². The van der Waals surface area contributed by atoms with Crippen LogP contribution in [0.4, 0.5) is 15.2 Å². The summed E-state index contributed by atoms with van der Waals surface area (Å²) in [5, 5.41) is 1.07. The molecule has 1 aliphatic heterocycles. The van der Waals surface area contributed by atoms with E-state index in [4.69, 9.17) is 0 Å². The zero-order chi connectivity index (χ0) is 13.2. The summed E-state index contributed by atoms with van der Waals surface area (Å²) in [5.41, 5.74) is 0.706. The van der Waals surface area contributed by atoms with Crippen molar-refractivity contribution in [2.24, 2.45) is 0 Å². The summed E-state index contributed by atoms with van der Waals surface area (Å²) in [7, 11) is 0. The molecule has 0 saturated carbocycles. The second-order valence-electron chi connectivity index (χ2n) is 4.68. The van der Waals surface area contributed by atoms with Crippen LogP contribution in [0, 0.1) is 12.7 Å². The van der Waals surface area contributed by atoms with Gasteiger partial charge < -0.3 is 9.80 Å². The molecule has 1 fully saturated rings. The summed E-state index contributed by atoms with van der Waals surface area (Å²) in [5.74, 6) is -0.138. The summed E-state index contributed by atoms with van der Waals surface area (Å²) in [6.07, 6.45) is 1.91. The van der Waals surface area contributed by atoms with Crippen LogP contribution in [0.15, 0.2) is 30.5 Å². The number of anilines is 2. The number of rotatable bonds is 2. The molecule has 0 atom stereocenters. The summed E-state index contributed by atoms with van der Waals surface area (Å²) in [6.45, 7) is 5.51. The maximum absolute atomic E-state index is 13.7. The van der Waals surface area contributed by atoms with E-state index in [0.717, 1.165) is 31.3 Å². The first kappa shape index (κ1) is 12.4. The molecule has 0 spiro atoms. The molecule has 3 nitrogen and oxygen atoms in total. The number of piperazine rings is 1. The molecule has 0 amide bonds. The largest absolute Gasteiger partial charge is 0.366 e. The van der Waals surface area contributed by atoms with Gasteiger partial charge in [-0.25, -0.2) is 9.37 Å². The van der Waals surface area contributed by atoms with E-state index in [1.165, 1.54) is 10.9 Å². The van der Waals surface area contributed by atoms with E-state index in [2.05, 4.69) is 21.7 Å². The number of hydrogen-bond acceptors (Lipinski definition) is 4. The van der Waals surface area contributed by atoms with Crippen LogP contribution in [0.1, 0.15) is 4.88 Å². The summed E-state index contributed by atoms with van der Waals surface area (Å²) < 4.78 is 13.7. The summed E-state index contributed by atoms with van der Waals surface area (Å²) in [4.78, 5) is 10.0. The molecule has 1 aliphatic rings. The molecule has 0 radical (unpaired) electrons. The Bertz CT molecular complexity index is 561. The molecule has 5 heteroatoms. The van der Waals surface area contributed by atoms with Gasteiger partial charge in [0, 0.05) is 37.3 Å². The van der Waals surface area contributed by atoms with Crippen LogP contribution in [-0.4, -0.2) is 31.2 Å². The van der Waals surface area contributed by atoms with E-state index >= 15 is 0 Å². The van der Waals surface area contributed by atoms with Gasteiger partial charge in [-0.1, -0.05) is 12.1 Å². The molecule has 2 aromatic rings. The lowest BCUT2D eigenvalue weighted by Gasteiger charge is -2.36. The lowest BCUT2D eigenvalue weighted by atomic mass is 10.2. The van der Waals surface area contributed by atoms with Gasteiger partial charge in [-0.3, -0.25) is 0 Å². The van der Waals surface area contributed by atoms with Crippen molar-refractivity contribution < 1.29 is 4.39 Å². The lowest BCUT2D eigenvalue weighted by Crippen LogP contribution is -2.46. The standard InChI is InChI=1S/C14H16FN3S/c1-11-10-16-14(19-11)18-8-6-17(7-9-18)13-5-3-2-4-12(13)15/h2-5,10H,6-9H2,1H3. The fourth-order valence-electron chi connectivity index (χ4n) is 2.34. The van der Waals surface area contributed by atoms with Crippen molar-refractivity contribution in [3.63, 3.8) is 0 Å². The van der Waals surface area contributed by atoms with Crippen molar-refractivity contribution in [2.45, 2.75) is 6.92 Å². The van der Waals surface area contributed by atoms with Gasteiger partial charge in [0.2, 0.25) is 0 Å². The van der Waals surface area contributed by atoms with Crippen molar-refractivity contribution in [1.82, 2.24) is 4.98 Å². The third-order valence-electron chi connectivity index (χ3n) is 3.35. The summed E-state index contributed by atoms with van der Waals surface area (Å²) in [6, 6.07) is 6.98. The van der Waals surface area contributed by atoms with Crippen LogP contribution in [-0.2, 0) is 0 Å². The highest BCUT2D eigenvalue weighted by molar-refractivity contribution is 7.15. The molecular formula is C14H16FN3S. The number of aryl methyl sites for hydroxylation is 1. The van der Waals surface area contributed by atoms with Crippen LogP contribution in [0.2, 0.25) is 0 Å². The quantitative estimate of drug-likeness (QED) is 0.841. The fraction of sp³-hybridized carbons (Fsp3) is 0.357. The Kier molecular flexibility index (Phi) is 3.38. The zero-order valence-corrected chi connectivity index (χ0v) is 11.7. The van der Waals surface area contributed by atoms with Gasteiger partial charge in [0.15, 0.2) is 5.13 Å². The molecule has 2 heterocycles. The second kappa shape index (κ2) is 5.17.